The van der Waals surface area contributed by atoms with Gasteiger partial charge in [0.1, 0.15) is 0 Å². The monoisotopic (exact) mass is 208 g/mol. The zero-order chi connectivity index (χ0) is 11.1. The molecule has 1 heterocycles. The Morgan fingerprint density at radius 1 is 1.40 bits per heavy atom. The summed E-state index contributed by atoms with van der Waals surface area (Å²) < 4.78 is 0. The smallest absolute Gasteiger partial charge is 0.225 e. The van der Waals surface area contributed by atoms with Crippen molar-refractivity contribution < 1.29 is 0 Å². The number of nitrogens with one attached hydrogen (secondary N) is 1. The Balaban J connectivity index is 2.69. The summed E-state index contributed by atoms with van der Waals surface area (Å²) in [6.45, 7) is 7.08. The second-order valence-corrected chi connectivity index (χ2v) is 3.59. The van der Waals surface area contributed by atoms with E-state index in [-0.39, 0.29) is 0 Å². The van der Waals surface area contributed by atoms with Crippen molar-refractivity contribution in [3.05, 3.63) is 18.0 Å². The van der Waals surface area contributed by atoms with Crippen molar-refractivity contribution in [1.82, 2.24) is 15.3 Å². The van der Waals surface area contributed by atoms with Gasteiger partial charge in [-0.1, -0.05) is 6.92 Å². The summed E-state index contributed by atoms with van der Waals surface area (Å²) in [5, 5.41) is 3.14. The fourth-order valence-electron chi connectivity index (χ4n) is 1.42. The van der Waals surface area contributed by atoms with Gasteiger partial charge in [-0.3, -0.25) is 0 Å². The fourth-order valence-corrected chi connectivity index (χ4v) is 1.42. The van der Waals surface area contributed by atoms with Crippen LogP contribution < -0.4 is 10.2 Å². The molecule has 1 aromatic heterocycles. The van der Waals surface area contributed by atoms with Crippen LogP contribution in [0.25, 0.3) is 0 Å². The first kappa shape index (κ1) is 11.9. The molecule has 1 aromatic rings. The first-order valence-corrected chi connectivity index (χ1v) is 5.47. The quantitative estimate of drug-likeness (QED) is 0.763. The van der Waals surface area contributed by atoms with E-state index in [1.165, 1.54) is 0 Å². The molecule has 0 aromatic carbocycles. The minimum Gasteiger partial charge on any atom is -0.340 e. The average Bonchev–Trinajstić information content (AvgIpc) is 2.24. The van der Waals surface area contributed by atoms with Crippen molar-refractivity contribution in [2.24, 2.45) is 0 Å². The van der Waals surface area contributed by atoms with Crippen LogP contribution >= 0.6 is 0 Å². The second kappa shape index (κ2) is 6.35. The second-order valence-electron chi connectivity index (χ2n) is 3.59. The maximum Gasteiger partial charge on any atom is 0.225 e. The van der Waals surface area contributed by atoms with Crippen LogP contribution in [0.1, 0.15) is 19.0 Å². The minimum absolute atomic E-state index is 0.840. The largest absolute Gasteiger partial charge is 0.340 e. The molecule has 0 radical (unpaired) electrons. The fraction of sp³-hybridized carbons (Fsp3) is 0.636. The molecule has 0 bridgehead atoms. The molecule has 0 saturated carbocycles. The van der Waals surface area contributed by atoms with Gasteiger partial charge in [0.25, 0.3) is 0 Å². The molecule has 4 nitrogen and oxygen atoms in total. The van der Waals surface area contributed by atoms with Gasteiger partial charge >= 0.3 is 0 Å². The Morgan fingerprint density at radius 2 is 2.20 bits per heavy atom. The molecule has 0 amide bonds. The van der Waals surface area contributed by atoms with Crippen LogP contribution in [-0.2, 0) is 0 Å². The van der Waals surface area contributed by atoms with Crippen LogP contribution in [0.2, 0.25) is 0 Å². The van der Waals surface area contributed by atoms with Crippen molar-refractivity contribution in [3.63, 3.8) is 0 Å². The number of likely N-dealkylation sites (N-methyl/N-ethyl adjacent to an activating group) is 1. The van der Waals surface area contributed by atoms with Crippen LogP contribution in [0.5, 0.6) is 0 Å². The SMILES string of the molecule is CCCN(CCNC)c1nccc(C)n1. The first-order chi connectivity index (χ1) is 7.27. The number of hydrogen-bond acceptors (Lipinski definition) is 4. The highest BCUT2D eigenvalue weighted by atomic mass is 15.3. The molecular weight excluding hydrogens is 188 g/mol. The third kappa shape index (κ3) is 3.83. The van der Waals surface area contributed by atoms with Crippen LogP contribution in [0, 0.1) is 6.92 Å². The third-order valence-electron chi connectivity index (χ3n) is 2.19. The lowest BCUT2D eigenvalue weighted by atomic mass is 10.4. The van der Waals surface area contributed by atoms with Gasteiger partial charge in [-0.05, 0) is 26.5 Å². The first-order valence-electron chi connectivity index (χ1n) is 5.47. The van der Waals surface area contributed by atoms with Crippen molar-refractivity contribution in [1.29, 1.82) is 0 Å². The highest BCUT2D eigenvalue weighted by Gasteiger charge is 2.07. The number of aromatic nitrogens is 2. The highest BCUT2D eigenvalue weighted by molar-refractivity contribution is 5.29. The average molecular weight is 208 g/mol. The Kier molecular flexibility index (Phi) is 5.04. The van der Waals surface area contributed by atoms with Gasteiger partial charge < -0.3 is 10.2 Å². The summed E-state index contributed by atoms with van der Waals surface area (Å²) in [6.07, 6.45) is 2.93. The van der Waals surface area contributed by atoms with Crippen LogP contribution in [0.15, 0.2) is 12.3 Å². The van der Waals surface area contributed by atoms with Crippen molar-refractivity contribution in [3.8, 4) is 0 Å². The summed E-state index contributed by atoms with van der Waals surface area (Å²) >= 11 is 0. The summed E-state index contributed by atoms with van der Waals surface area (Å²) in [5.74, 6) is 0.840. The lowest BCUT2D eigenvalue weighted by Crippen LogP contribution is -2.32. The van der Waals surface area contributed by atoms with Crippen molar-refractivity contribution in [2.75, 3.05) is 31.6 Å². The number of nitrogens with zero attached hydrogens (tertiary/aromatic N) is 3. The number of hydrogen-bond donors (Lipinski definition) is 1. The molecule has 0 unspecified atom stereocenters. The Labute approximate surface area is 91.7 Å². The van der Waals surface area contributed by atoms with Crippen molar-refractivity contribution >= 4 is 5.95 Å². The Morgan fingerprint density at radius 3 is 2.80 bits per heavy atom. The topological polar surface area (TPSA) is 41.0 Å². The predicted molar refractivity (Wildman–Crippen MR) is 63.2 cm³/mol. The Bertz CT molecular complexity index is 288. The molecule has 1 N–H and O–H groups in total. The molecule has 0 spiro atoms. The number of aryl methyl sites for hydroxylation is 1. The van der Waals surface area contributed by atoms with Gasteiger partial charge in [0.15, 0.2) is 0 Å². The zero-order valence-electron chi connectivity index (χ0n) is 9.82. The number of rotatable bonds is 6. The molecular formula is C11H20N4. The molecule has 84 valence electrons. The van der Waals surface area contributed by atoms with E-state index in [4.69, 9.17) is 0 Å². The highest BCUT2D eigenvalue weighted by Crippen LogP contribution is 2.07. The molecule has 0 fully saturated rings. The summed E-state index contributed by atoms with van der Waals surface area (Å²) in [6, 6.07) is 1.92. The van der Waals surface area contributed by atoms with Gasteiger partial charge in [0.05, 0.1) is 0 Å². The maximum atomic E-state index is 4.43. The van der Waals surface area contributed by atoms with Crippen molar-refractivity contribution in [2.45, 2.75) is 20.3 Å². The van der Waals surface area contributed by atoms with Crippen LogP contribution in [-0.4, -0.2) is 36.6 Å². The number of anilines is 1. The molecule has 0 aliphatic carbocycles. The summed E-state index contributed by atoms with van der Waals surface area (Å²) in [5.41, 5.74) is 1.02. The molecule has 4 heteroatoms. The van der Waals surface area contributed by atoms with E-state index < -0.39 is 0 Å². The van der Waals surface area contributed by atoms with Gasteiger partial charge in [0.2, 0.25) is 5.95 Å². The molecule has 1 rings (SSSR count). The molecule has 15 heavy (non-hydrogen) atoms. The summed E-state index contributed by atoms with van der Waals surface area (Å²) in [7, 11) is 1.96. The normalized spacial score (nSPS) is 10.3. The van der Waals surface area contributed by atoms with Gasteiger partial charge in [-0.25, -0.2) is 9.97 Å². The van der Waals surface area contributed by atoms with Gasteiger partial charge in [-0.2, -0.15) is 0 Å². The van der Waals surface area contributed by atoms with E-state index in [1.807, 2.05) is 26.2 Å². The lowest BCUT2D eigenvalue weighted by molar-refractivity contribution is 0.691. The van der Waals surface area contributed by atoms with Gasteiger partial charge in [0, 0.05) is 31.5 Å². The van der Waals surface area contributed by atoms with E-state index in [2.05, 4.69) is 27.1 Å². The van der Waals surface area contributed by atoms with E-state index in [9.17, 15) is 0 Å². The zero-order valence-corrected chi connectivity index (χ0v) is 9.82. The predicted octanol–water partition coefficient (Wildman–Crippen LogP) is 1.22. The van der Waals surface area contributed by atoms with E-state index in [0.29, 0.717) is 0 Å². The van der Waals surface area contributed by atoms with E-state index in [0.717, 1.165) is 37.7 Å². The minimum atomic E-state index is 0.840. The standard InChI is InChI=1S/C11H20N4/c1-4-8-15(9-7-12-3)11-13-6-5-10(2)14-11/h5-6,12H,4,7-9H2,1-3H3. The van der Waals surface area contributed by atoms with Crippen LogP contribution in [0.4, 0.5) is 5.95 Å². The molecule has 0 aliphatic heterocycles. The lowest BCUT2D eigenvalue weighted by Gasteiger charge is -2.21. The summed E-state index contributed by atoms with van der Waals surface area (Å²) in [4.78, 5) is 10.9. The van der Waals surface area contributed by atoms with E-state index >= 15 is 0 Å². The molecule has 0 saturated heterocycles. The third-order valence-corrected chi connectivity index (χ3v) is 2.19. The van der Waals surface area contributed by atoms with Crippen LogP contribution in [0.3, 0.4) is 0 Å². The van der Waals surface area contributed by atoms with Gasteiger partial charge in [-0.15, -0.1) is 0 Å². The Hall–Kier alpha value is -1.16. The maximum absolute atomic E-state index is 4.43. The molecule has 0 atom stereocenters. The van der Waals surface area contributed by atoms with E-state index in [1.54, 1.807) is 0 Å². The molecule has 0 aliphatic rings.